The number of ether oxygens (including phenoxy) is 6. The molecule has 0 aliphatic carbocycles. The van der Waals surface area contributed by atoms with Crippen molar-refractivity contribution in [2.24, 2.45) is 0 Å². The van der Waals surface area contributed by atoms with E-state index < -0.39 is 12.2 Å². The van der Waals surface area contributed by atoms with E-state index in [1.807, 2.05) is 176 Å². The molecule has 0 amide bonds. The summed E-state index contributed by atoms with van der Waals surface area (Å²) >= 11 is 0. The van der Waals surface area contributed by atoms with Crippen molar-refractivity contribution >= 4 is 0 Å². The summed E-state index contributed by atoms with van der Waals surface area (Å²) in [5.74, 6) is 3.18. The normalized spacial score (nSPS) is 14.5. The van der Waals surface area contributed by atoms with Gasteiger partial charge in [0.25, 0.3) is 0 Å². The van der Waals surface area contributed by atoms with Gasteiger partial charge in [-0.15, -0.1) is 0 Å². The van der Waals surface area contributed by atoms with Crippen LogP contribution in [0.25, 0.3) is 0 Å². The first-order valence-electron chi connectivity index (χ1n) is 19.2. The molecule has 7 aromatic rings. The zero-order valence-corrected chi connectivity index (χ0v) is 31.5. The topological polar surface area (TPSA) is 75.6 Å². The fourth-order valence-corrected chi connectivity index (χ4v) is 6.73. The number of aliphatic hydroxyl groups excluding tert-OH is 1. The molecule has 7 nitrogen and oxygen atoms in total. The van der Waals surface area contributed by atoms with Gasteiger partial charge in [0.1, 0.15) is 50.3 Å². The smallest absolute Gasteiger partial charge is 0.203 e. The molecule has 0 fully saturated rings. The second-order valence-corrected chi connectivity index (χ2v) is 13.9. The van der Waals surface area contributed by atoms with Crippen LogP contribution in [0.2, 0.25) is 0 Å². The first-order valence-corrected chi connectivity index (χ1v) is 19.2. The van der Waals surface area contributed by atoms with Crippen LogP contribution in [0.4, 0.5) is 0 Å². The second kappa shape index (κ2) is 18.3. The van der Waals surface area contributed by atoms with Gasteiger partial charge in [-0.25, -0.2) is 0 Å². The van der Waals surface area contributed by atoms with Crippen LogP contribution in [0.1, 0.15) is 45.0 Å². The molecule has 2 atom stereocenters. The molecular weight excluding hydrogens is 713 g/mol. The number of fused-ring (bicyclic) bond motifs is 1. The van der Waals surface area contributed by atoms with E-state index in [1.54, 1.807) is 0 Å². The van der Waals surface area contributed by atoms with Gasteiger partial charge >= 0.3 is 0 Å². The summed E-state index contributed by atoms with van der Waals surface area (Å²) in [6, 6.07) is 57.4. The van der Waals surface area contributed by atoms with Crippen LogP contribution >= 0.6 is 0 Å². The van der Waals surface area contributed by atoms with Crippen molar-refractivity contribution in [2.45, 2.75) is 51.7 Å². The van der Waals surface area contributed by atoms with Gasteiger partial charge < -0.3 is 33.5 Å². The quantitative estimate of drug-likeness (QED) is 0.105. The monoisotopic (exact) mass is 756 g/mol. The van der Waals surface area contributed by atoms with Crippen molar-refractivity contribution in [2.75, 3.05) is 0 Å². The van der Waals surface area contributed by atoms with Crippen molar-refractivity contribution < 1.29 is 33.5 Å². The van der Waals surface area contributed by atoms with Gasteiger partial charge in [-0.1, -0.05) is 152 Å². The van der Waals surface area contributed by atoms with Crippen LogP contribution in [-0.4, -0.2) is 11.2 Å². The lowest BCUT2D eigenvalue weighted by Crippen LogP contribution is -2.30. The molecule has 286 valence electrons. The number of rotatable bonds is 16. The van der Waals surface area contributed by atoms with E-state index in [4.69, 9.17) is 28.4 Å². The Balaban J connectivity index is 1.15. The van der Waals surface area contributed by atoms with Crippen LogP contribution in [0.5, 0.6) is 34.5 Å². The molecule has 7 aromatic carbocycles. The summed E-state index contributed by atoms with van der Waals surface area (Å²) in [6.07, 6.45) is -1.41. The van der Waals surface area contributed by atoms with Crippen LogP contribution in [0.15, 0.2) is 176 Å². The minimum atomic E-state index is -0.923. The van der Waals surface area contributed by atoms with Gasteiger partial charge in [-0.3, -0.25) is 0 Å². The molecule has 57 heavy (non-hydrogen) atoms. The average Bonchev–Trinajstić information content (AvgIpc) is 3.27. The van der Waals surface area contributed by atoms with Gasteiger partial charge in [0.2, 0.25) is 5.75 Å². The second-order valence-electron chi connectivity index (χ2n) is 13.9. The van der Waals surface area contributed by atoms with Crippen molar-refractivity contribution in [3.63, 3.8) is 0 Å². The van der Waals surface area contributed by atoms with Crippen molar-refractivity contribution in [3.8, 4) is 34.5 Å². The maximum absolute atomic E-state index is 11.9. The molecule has 1 N–H and O–H groups in total. The molecule has 1 heterocycles. The summed E-state index contributed by atoms with van der Waals surface area (Å²) in [6.45, 7) is 1.62. The Labute approximate surface area is 333 Å². The summed E-state index contributed by atoms with van der Waals surface area (Å²) < 4.78 is 39.1. The molecule has 0 saturated carbocycles. The lowest BCUT2D eigenvalue weighted by Gasteiger charge is -2.33. The highest BCUT2D eigenvalue weighted by Gasteiger charge is 2.34. The maximum atomic E-state index is 11.9. The zero-order chi connectivity index (χ0) is 38.7. The molecule has 0 spiro atoms. The molecule has 0 radical (unpaired) electrons. The number of hydrogen-bond acceptors (Lipinski definition) is 7. The van der Waals surface area contributed by atoms with E-state index in [0.717, 1.165) is 33.4 Å². The lowest BCUT2D eigenvalue weighted by atomic mass is 9.93. The largest absolute Gasteiger partial charge is 0.489 e. The predicted molar refractivity (Wildman–Crippen MR) is 220 cm³/mol. The van der Waals surface area contributed by atoms with Gasteiger partial charge in [0.15, 0.2) is 17.6 Å². The summed E-state index contributed by atoms with van der Waals surface area (Å²) in [4.78, 5) is 0. The number of aliphatic hydroxyl groups is 1. The first kappa shape index (κ1) is 37.2. The minimum absolute atomic E-state index is 0.287. The van der Waals surface area contributed by atoms with Crippen molar-refractivity contribution in [1.82, 2.24) is 0 Å². The molecule has 0 bridgehead atoms. The molecular formula is C50H44O7. The van der Waals surface area contributed by atoms with Crippen LogP contribution in [0, 0.1) is 0 Å². The zero-order valence-electron chi connectivity index (χ0n) is 31.5. The third kappa shape index (κ3) is 9.76. The Kier molecular flexibility index (Phi) is 11.9. The van der Waals surface area contributed by atoms with Crippen molar-refractivity contribution in [3.05, 3.63) is 215 Å². The predicted octanol–water partition coefficient (Wildman–Crippen LogP) is 10.6. The average molecular weight is 757 g/mol. The molecule has 8 rings (SSSR count). The molecule has 7 heteroatoms. The summed E-state index contributed by atoms with van der Waals surface area (Å²) in [7, 11) is 0. The maximum Gasteiger partial charge on any atom is 0.203 e. The lowest BCUT2D eigenvalue weighted by molar-refractivity contribution is 0.0191. The minimum Gasteiger partial charge on any atom is -0.489 e. The van der Waals surface area contributed by atoms with Crippen LogP contribution in [-0.2, 0) is 39.5 Å². The third-order valence-electron chi connectivity index (χ3n) is 9.72. The van der Waals surface area contributed by atoms with E-state index >= 15 is 0 Å². The fraction of sp³-hybridized carbons (Fsp3) is 0.160. The Morgan fingerprint density at radius 1 is 0.439 bits per heavy atom. The number of benzene rings is 7. The highest BCUT2D eigenvalue weighted by atomic mass is 16.5. The molecule has 0 aromatic heterocycles. The molecule has 0 saturated heterocycles. The Bertz CT molecular complexity index is 2250. The van der Waals surface area contributed by atoms with Crippen LogP contribution in [0.3, 0.4) is 0 Å². The number of hydrogen-bond donors (Lipinski definition) is 1. The summed E-state index contributed by atoms with van der Waals surface area (Å²) in [5.41, 5.74) is 6.51. The van der Waals surface area contributed by atoms with E-state index in [1.165, 1.54) is 0 Å². The third-order valence-corrected chi connectivity index (χ3v) is 9.72. The Hall–Kier alpha value is -6.70. The van der Waals surface area contributed by atoms with E-state index in [2.05, 4.69) is 0 Å². The highest BCUT2D eigenvalue weighted by molar-refractivity contribution is 5.57. The van der Waals surface area contributed by atoms with E-state index in [0.29, 0.717) is 73.1 Å². The molecule has 0 unspecified atom stereocenters. The first-order chi connectivity index (χ1) is 28.1. The van der Waals surface area contributed by atoms with Gasteiger partial charge in [-0.05, 0) is 39.9 Å². The van der Waals surface area contributed by atoms with E-state index in [-0.39, 0.29) is 6.42 Å². The molecule has 1 aliphatic heterocycles. The van der Waals surface area contributed by atoms with E-state index in [9.17, 15) is 5.11 Å². The van der Waals surface area contributed by atoms with Crippen molar-refractivity contribution in [1.29, 1.82) is 0 Å². The van der Waals surface area contributed by atoms with Gasteiger partial charge in [-0.2, -0.15) is 0 Å². The standard InChI is InChI=1S/C50H44O7/c51-44-30-43-45(53-32-37-18-8-2-9-19-37)28-42(52-31-36-16-6-1-7-17-36)29-46(43)57-49(44)41-26-47(54-33-38-20-10-3-11-21-38)50(56-35-40-24-14-5-15-25-40)48(27-41)55-34-39-22-12-4-13-23-39/h1-29,44,49,51H,30-35H2/t44-,49+/m0/s1. The molecule has 1 aliphatic rings. The SMILES string of the molecule is O[C@H]1Cc2c(OCc3ccccc3)cc(OCc3ccccc3)cc2O[C@@H]1c1cc(OCc2ccccc2)c(OCc2ccccc2)c(OCc2ccccc2)c1. The highest BCUT2D eigenvalue weighted by Crippen LogP contribution is 2.47. The van der Waals surface area contributed by atoms with Gasteiger partial charge in [0, 0.05) is 29.7 Å². The Morgan fingerprint density at radius 2 is 0.825 bits per heavy atom. The Morgan fingerprint density at radius 3 is 1.26 bits per heavy atom. The fourth-order valence-electron chi connectivity index (χ4n) is 6.73. The van der Waals surface area contributed by atoms with Gasteiger partial charge in [0.05, 0.1) is 6.10 Å². The van der Waals surface area contributed by atoms with Crippen LogP contribution < -0.4 is 28.4 Å². The summed E-state index contributed by atoms with van der Waals surface area (Å²) in [5, 5.41) is 11.9.